The van der Waals surface area contributed by atoms with E-state index in [0.29, 0.717) is 27.8 Å². The van der Waals surface area contributed by atoms with Crippen LogP contribution in [0.1, 0.15) is 6.85 Å². The van der Waals surface area contributed by atoms with Gasteiger partial charge in [0.05, 0.1) is 22.1 Å². The fourth-order valence-electron chi connectivity index (χ4n) is 3.22. The van der Waals surface area contributed by atoms with E-state index < -0.39 is 19.1 Å². The average molecular weight is 428 g/mol. The van der Waals surface area contributed by atoms with Crippen LogP contribution in [0.5, 0.6) is 23.0 Å². The van der Waals surface area contributed by atoms with Crippen molar-refractivity contribution in [1.29, 1.82) is 0 Å². The van der Waals surface area contributed by atoms with Crippen molar-refractivity contribution in [2.24, 2.45) is 0 Å². The van der Waals surface area contributed by atoms with Gasteiger partial charge in [0.15, 0.2) is 11.5 Å². The maximum Gasteiger partial charge on any atom is 0.161 e. The number of rotatable bonds is 10. The molecule has 0 saturated carbocycles. The van der Waals surface area contributed by atoms with Crippen molar-refractivity contribution < 1.29 is 31.3 Å². The van der Waals surface area contributed by atoms with Crippen LogP contribution in [0.4, 0.5) is 0 Å². The van der Waals surface area contributed by atoms with Gasteiger partial charge in [-0.25, -0.2) is 0 Å². The fourth-order valence-corrected chi connectivity index (χ4v) is 3.22. The zero-order valence-corrected chi connectivity index (χ0v) is 16.8. The Balaban J connectivity index is 1.52. The lowest BCUT2D eigenvalue weighted by molar-refractivity contribution is 0.106. The smallest absolute Gasteiger partial charge is 0.161 e. The predicted octanol–water partition coefficient (Wildman–Crippen LogP) is 3.44. The van der Waals surface area contributed by atoms with Crippen LogP contribution in [0.2, 0.25) is 0 Å². The van der Waals surface area contributed by atoms with Crippen LogP contribution in [0.3, 0.4) is 0 Å². The number of para-hydroxylation sites is 3. The second-order valence-electron chi connectivity index (χ2n) is 6.61. The number of phenolic OH excluding ortho intramolecular Hbond substituents is 1. The fraction of sp³-hybridized carbons (Fsp3) is 0.250. The Morgan fingerprint density at radius 3 is 2.65 bits per heavy atom. The summed E-state index contributed by atoms with van der Waals surface area (Å²) in [5.74, 6) is 0.741. The van der Waals surface area contributed by atoms with Crippen molar-refractivity contribution in [2.45, 2.75) is 6.08 Å². The number of fused-ring (bicyclic) bond motifs is 3. The lowest BCUT2D eigenvalue weighted by Crippen LogP contribution is -2.33. The third-order valence-electron chi connectivity index (χ3n) is 4.62. The van der Waals surface area contributed by atoms with Gasteiger partial charge in [-0.05, 0) is 30.3 Å². The average Bonchev–Trinajstić information content (AvgIpc) is 3.24. The standard InChI is InChI=1S/C24H26N2O5/c1-29-20-8-4-5-9-21(20)30-13-12-25-14-16(27)15-31-22-11-10-19(28)24-23(22)17-6-2-3-7-18(17)26-24/h2-11,16,25-28H,12-15H2,1H3/i14D2,15D2,16D. The topological polar surface area (TPSA) is 96.0 Å². The SMILES string of the molecule is [2H]C([2H])(NCCOc1ccccc1OC)C([2H])(O)C([2H])([2H])Oc1ccc(O)c2[nH]c3ccccc3c12. The van der Waals surface area contributed by atoms with Crippen molar-refractivity contribution in [3.05, 3.63) is 60.7 Å². The van der Waals surface area contributed by atoms with Crippen molar-refractivity contribution >= 4 is 21.8 Å². The maximum atomic E-state index is 10.7. The van der Waals surface area contributed by atoms with Crippen LogP contribution in [0.25, 0.3) is 21.8 Å². The Morgan fingerprint density at radius 1 is 1.03 bits per heavy atom. The lowest BCUT2D eigenvalue weighted by Gasteiger charge is -2.15. The molecule has 0 aliphatic heterocycles. The number of H-pyrrole nitrogens is 1. The van der Waals surface area contributed by atoms with Crippen LogP contribution in [0, 0.1) is 0 Å². The summed E-state index contributed by atoms with van der Waals surface area (Å²) in [7, 11) is 1.49. The van der Waals surface area contributed by atoms with E-state index >= 15 is 0 Å². The quantitative estimate of drug-likeness (QED) is 0.290. The summed E-state index contributed by atoms with van der Waals surface area (Å²) in [6, 6.07) is 16.5. The number of aromatic hydroxyl groups is 1. The minimum Gasteiger partial charge on any atom is -0.506 e. The monoisotopic (exact) mass is 427 g/mol. The molecule has 4 rings (SSSR count). The lowest BCUT2D eigenvalue weighted by atomic mass is 10.1. The van der Waals surface area contributed by atoms with Gasteiger partial charge < -0.3 is 34.7 Å². The molecule has 4 N–H and O–H groups in total. The highest BCUT2D eigenvalue weighted by atomic mass is 16.5. The van der Waals surface area contributed by atoms with Crippen molar-refractivity contribution in [3.63, 3.8) is 0 Å². The van der Waals surface area contributed by atoms with E-state index in [2.05, 4.69) is 10.3 Å². The molecule has 1 heterocycles. The molecule has 3 aromatic carbocycles. The Morgan fingerprint density at radius 2 is 1.81 bits per heavy atom. The summed E-state index contributed by atoms with van der Waals surface area (Å²) >= 11 is 0. The number of phenols is 1. The predicted molar refractivity (Wildman–Crippen MR) is 120 cm³/mol. The molecule has 0 aliphatic carbocycles. The number of benzene rings is 3. The highest BCUT2D eigenvalue weighted by molar-refractivity contribution is 6.12. The minimum atomic E-state index is -3.39. The highest BCUT2D eigenvalue weighted by Crippen LogP contribution is 2.37. The van der Waals surface area contributed by atoms with E-state index in [1.807, 2.05) is 0 Å². The van der Waals surface area contributed by atoms with Gasteiger partial charge in [-0.1, -0.05) is 30.3 Å². The number of methoxy groups -OCH3 is 1. The zero-order valence-electron chi connectivity index (χ0n) is 21.8. The van der Waals surface area contributed by atoms with E-state index in [4.69, 9.17) is 21.1 Å². The summed E-state index contributed by atoms with van der Waals surface area (Å²) in [5.41, 5.74) is 0.945. The van der Waals surface area contributed by atoms with Gasteiger partial charge in [0.1, 0.15) is 30.7 Å². The number of hydrogen-bond donors (Lipinski definition) is 4. The molecule has 0 bridgehead atoms. The van der Waals surface area contributed by atoms with E-state index in [-0.39, 0.29) is 30.2 Å². The molecule has 0 aliphatic rings. The Hall–Kier alpha value is -3.42. The molecule has 0 spiro atoms. The first-order valence-corrected chi connectivity index (χ1v) is 9.63. The summed E-state index contributed by atoms with van der Waals surface area (Å²) in [5, 5.41) is 24.3. The second kappa shape index (κ2) is 9.59. The Kier molecular flexibility index (Phi) is 4.76. The maximum absolute atomic E-state index is 10.7. The molecule has 1 unspecified atom stereocenters. The molecule has 162 valence electrons. The number of ether oxygens (including phenoxy) is 3. The van der Waals surface area contributed by atoms with Gasteiger partial charge in [-0.3, -0.25) is 0 Å². The van der Waals surface area contributed by atoms with Gasteiger partial charge in [0.25, 0.3) is 0 Å². The molecule has 0 radical (unpaired) electrons. The first kappa shape index (κ1) is 15.4. The summed E-state index contributed by atoms with van der Waals surface area (Å²) in [6.07, 6.45) is -3.39. The second-order valence-corrected chi connectivity index (χ2v) is 6.61. The van der Waals surface area contributed by atoms with Gasteiger partial charge in [0, 0.05) is 26.7 Å². The summed E-state index contributed by atoms with van der Waals surface area (Å²) in [6.45, 7) is -6.37. The van der Waals surface area contributed by atoms with Gasteiger partial charge in [-0.15, -0.1) is 0 Å². The molecule has 1 atom stereocenters. The van der Waals surface area contributed by atoms with Crippen LogP contribution >= 0.6 is 0 Å². The molecular weight excluding hydrogens is 396 g/mol. The Bertz CT molecular complexity index is 1380. The normalized spacial score (nSPS) is 16.5. The molecule has 0 fully saturated rings. The third kappa shape index (κ3) is 4.68. The summed E-state index contributed by atoms with van der Waals surface area (Å²) < 4.78 is 57.3. The van der Waals surface area contributed by atoms with E-state index in [9.17, 15) is 10.2 Å². The number of aromatic nitrogens is 1. The molecular formula is C24H26N2O5. The molecule has 4 aromatic rings. The molecule has 0 saturated heterocycles. The third-order valence-corrected chi connectivity index (χ3v) is 4.62. The zero-order chi connectivity index (χ0) is 26.1. The highest BCUT2D eigenvalue weighted by Gasteiger charge is 2.14. The van der Waals surface area contributed by atoms with Crippen LogP contribution < -0.4 is 19.5 Å². The number of aromatic amines is 1. The molecule has 7 heteroatoms. The van der Waals surface area contributed by atoms with Crippen molar-refractivity contribution in [2.75, 3.05) is 33.3 Å². The van der Waals surface area contributed by atoms with Crippen molar-refractivity contribution in [3.8, 4) is 23.0 Å². The molecule has 7 nitrogen and oxygen atoms in total. The largest absolute Gasteiger partial charge is 0.506 e. The minimum absolute atomic E-state index is 0.0479. The first-order valence-electron chi connectivity index (χ1n) is 12.1. The van der Waals surface area contributed by atoms with Crippen LogP contribution in [-0.2, 0) is 0 Å². The molecule has 1 aromatic heterocycles. The van der Waals surface area contributed by atoms with E-state index in [1.54, 1.807) is 48.5 Å². The van der Waals surface area contributed by atoms with Crippen molar-refractivity contribution in [1.82, 2.24) is 10.3 Å². The van der Waals surface area contributed by atoms with Gasteiger partial charge in [0.2, 0.25) is 0 Å². The van der Waals surface area contributed by atoms with E-state index in [1.165, 1.54) is 19.2 Å². The Labute approximate surface area is 187 Å². The number of aliphatic hydroxyl groups is 1. The van der Waals surface area contributed by atoms with Gasteiger partial charge >= 0.3 is 0 Å². The molecule has 0 amide bonds. The molecule has 31 heavy (non-hydrogen) atoms. The first-order chi connectivity index (χ1) is 17.0. The van der Waals surface area contributed by atoms with E-state index in [0.717, 1.165) is 0 Å². The van der Waals surface area contributed by atoms with Gasteiger partial charge in [-0.2, -0.15) is 0 Å². The number of nitrogens with one attached hydrogen (secondary N) is 2. The number of hydrogen-bond acceptors (Lipinski definition) is 6. The van der Waals surface area contributed by atoms with Crippen LogP contribution in [-0.4, -0.2) is 54.6 Å². The van der Waals surface area contributed by atoms with Crippen LogP contribution in [0.15, 0.2) is 60.7 Å². The summed E-state index contributed by atoms with van der Waals surface area (Å²) in [4.78, 5) is 3.03.